The molecule has 0 saturated heterocycles. The molecule has 1 aromatic rings. The molecule has 0 unspecified atom stereocenters. The minimum absolute atomic E-state index is 0.0483. The van der Waals surface area contributed by atoms with Crippen LogP contribution in [0, 0.1) is 5.41 Å². The summed E-state index contributed by atoms with van der Waals surface area (Å²) in [7, 11) is 0. The number of phenolic OH excluding ortho intramolecular Hbond substituents is 1. The number of fused-ring (bicyclic) bond motifs is 1. The molecule has 0 spiro atoms. The Morgan fingerprint density at radius 3 is 2.12 bits per heavy atom. The van der Waals surface area contributed by atoms with Gasteiger partial charge in [0, 0.05) is 0 Å². The highest BCUT2D eigenvalue weighted by Crippen LogP contribution is 2.41. The van der Waals surface area contributed by atoms with Gasteiger partial charge in [-0.2, -0.15) is 0 Å². The predicted molar refractivity (Wildman–Crippen MR) is 91.8 cm³/mol. The van der Waals surface area contributed by atoms with E-state index in [1.807, 2.05) is 0 Å². The number of ether oxygens (including phenoxy) is 3. The Hall–Kier alpha value is -2.57. The smallest absolute Gasteiger partial charge is 0.342 e. The van der Waals surface area contributed by atoms with E-state index in [0.717, 1.165) is 0 Å². The Balaban J connectivity index is 2.48. The van der Waals surface area contributed by atoms with Crippen molar-refractivity contribution in [2.24, 2.45) is 5.41 Å². The zero-order chi connectivity index (χ0) is 19.3. The standard InChI is InChI=1S/C19H24O7/c1-4-24-16(21)15-13-9-10-19(17(22)25-5-2,18(23)26-6-3)11-12(13)7-8-14(15)20/h7-8,20H,4-6,9-11H2,1-3H3. The molecule has 7 nitrogen and oxygen atoms in total. The highest BCUT2D eigenvalue weighted by molar-refractivity contribution is 6.01. The third-order valence-electron chi connectivity index (χ3n) is 4.49. The molecule has 142 valence electrons. The molecule has 0 saturated carbocycles. The van der Waals surface area contributed by atoms with E-state index < -0.39 is 23.3 Å². The molecular formula is C19H24O7. The van der Waals surface area contributed by atoms with E-state index in [-0.39, 0.29) is 50.4 Å². The second kappa shape index (κ2) is 8.21. The average Bonchev–Trinajstić information content (AvgIpc) is 2.61. The van der Waals surface area contributed by atoms with Crippen molar-refractivity contribution in [3.63, 3.8) is 0 Å². The maximum absolute atomic E-state index is 12.6. The number of rotatable bonds is 6. The van der Waals surface area contributed by atoms with Crippen molar-refractivity contribution in [1.29, 1.82) is 0 Å². The lowest BCUT2D eigenvalue weighted by atomic mass is 9.70. The molecule has 0 bridgehead atoms. The molecule has 1 aliphatic carbocycles. The van der Waals surface area contributed by atoms with Gasteiger partial charge < -0.3 is 19.3 Å². The van der Waals surface area contributed by atoms with Gasteiger partial charge in [0.2, 0.25) is 0 Å². The van der Waals surface area contributed by atoms with Gasteiger partial charge in [-0.25, -0.2) is 4.79 Å². The summed E-state index contributed by atoms with van der Waals surface area (Å²) in [4.78, 5) is 37.3. The third kappa shape index (κ3) is 3.52. The third-order valence-corrected chi connectivity index (χ3v) is 4.49. The van der Waals surface area contributed by atoms with Gasteiger partial charge in [-0.3, -0.25) is 9.59 Å². The van der Waals surface area contributed by atoms with Crippen LogP contribution in [-0.4, -0.2) is 42.8 Å². The molecule has 0 amide bonds. The van der Waals surface area contributed by atoms with Crippen LogP contribution in [0.5, 0.6) is 5.75 Å². The van der Waals surface area contributed by atoms with Crippen LogP contribution in [0.4, 0.5) is 0 Å². The Morgan fingerprint density at radius 2 is 1.58 bits per heavy atom. The second-order valence-corrected chi connectivity index (χ2v) is 6.02. The number of phenols is 1. The summed E-state index contributed by atoms with van der Waals surface area (Å²) in [6.45, 7) is 5.50. The van der Waals surface area contributed by atoms with Gasteiger partial charge in [-0.15, -0.1) is 0 Å². The maximum atomic E-state index is 12.6. The van der Waals surface area contributed by atoms with Gasteiger partial charge >= 0.3 is 17.9 Å². The van der Waals surface area contributed by atoms with Crippen LogP contribution in [0.3, 0.4) is 0 Å². The molecule has 0 atom stereocenters. The minimum atomic E-state index is -1.44. The van der Waals surface area contributed by atoms with Gasteiger partial charge in [0.05, 0.1) is 19.8 Å². The maximum Gasteiger partial charge on any atom is 0.342 e. The van der Waals surface area contributed by atoms with Crippen LogP contribution < -0.4 is 0 Å². The van der Waals surface area contributed by atoms with Crippen molar-refractivity contribution in [2.75, 3.05) is 19.8 Å². The summed E-state index contributed by atoms with van der Waals surface area (Å²) in [5.41, 5.74) is -0.140. The van der Waals surface area contributed by atoms with Crippen molar-refractivity contribution in [3.8, 4) is 5.75 Å². The first-order chi connectivity index (χ1) is 12.4. The fourth-order valence-electron chi connectivity index (χ4n) is 3.28. The van der Waals surface area contributed by atoms with Gasteiger partial charge in [-0.1, -0.05) is 6.07 Å². The lowest BCUT2D eigenvalue weighted by Gasteiger charge is -2.34. The molecule has 0 aliphatic heterocycles. The van der Waals surface area contributed by atoms with Crippen molar-refractivity contribution in [3.05, 3.63) is 28.8 Å². The van der Waals surface area contributed by atoms with Crippen molar-refractivity contribution in [2.45, 2.75) is 40.0 Å². The fourth-order valence-corrected chi connectivity index (χ4v) is 3.28. The summed E-state index contributed by atoms with van der Waals surface area (Å²) < 4.78 is 15.3. The molecule has 0 aromatic heterocycles. The number of carbonyl (C=O) groups excluding carboxylic acids is 3. The predicted octanol–water partition coefficient (Wildman–Crippen LogP) is 2.17. The summed E-state index contributed by atoms with van der Waals surface area (Å²) in [5, 5.41) is 10.1. The lowest BCUT2D eigenvalue weighted by molar-refractivity contribution is -0.173. The summed E-state index contributed by atoms with van der Waals surface area (Å²) in [6, 6.07) is 2.98. The number of benzene rings is 1. The Bertz CT molecular complexity index is 690. The summed E-state index contributed by atoms with van der Waals surface area (Å²) >= 11 is 0. The first kappa shape index (κ1) is 19.8. The molecular weight excluding hydrogens is 340 g/mol. The molecule has 26 heavy (non-hydrogen) atoms. The van der Waals surface area contributed by atoms with Gasteiger partial charge in [0.15, 0.2) is 5.41 Å². The molecule has 1 aromatic carbocycles. The Morgan fingerprint density at radius 1 is 1.00 bits per heavy atom. The number of aromatic hydroxyl groups is 1. The zero-order valence-corrected chi connectivity index (χ0v) is 15.3. The van der Waals surface area contributed by atoms with E-state index in [4.69, 9.17) is 14.2 Å². The molecule has 2 rings (SSSR count). The van der Waals surface area contributed by atoms with E-state index >= 15 is 0 Å². The SMILES string of the molecule is CCOC(=O)c1c(O)ccc2c1CCC(C(=O)OCC)(C(=O)OCC)C2. The van der Waals surface area contributed by atoms with Crippen molar-refractivity contribution >= 4 is 17.9 Å². The number of hydrogen-bond acceptors (Lipinski definition) is 7. The Labute approximate surface area is 152 Å². The number of esters is 3. The average molecular weight is 364 g/mol. The van der Waals surface area contributed by atoms with Gasteiger partial charge in [-0.05, 0) is 57.2 Å². The molecule has 0 radical (unpaired) electrons. The number of hydrogen-bond donors (Lipinski definition) is 1. The zero-order valence-electron chi connectivity index (χ0n) is 15.3. The first-order valence-corrected chi connectivity index (χ1v) is 8.76. The van der Waals surface area contributed by atoms with E-state index in [1.165, 1.54) is 6.07 Å². The minimum Gasteiger partial charge on any atom is -0.507 e. The van der Waals surface area contributed by atoms with Crippen LogP contribution >= 0.6 is 0 Å². The Kier molecular flexibility index (Phi) is 6.23. The topological polar surface area (TPSA) is 99.1 Å². The van der Waals surface area contributed by atoms with Crippen LogP contribution in [-0.2, 0) is 36.6 Å². The summed E-state index contributed by atoms with van der Waals surface area (Å²) in [6.07, 6.45) is 0.426. The van der Waals surface area contributed by atoms with E-state index in [1.54, 1.807) is 26.8 Å². The largest absolute Gasteiger partial charge is 0.507 e. The normalized spacial score (nSPS) is 14.9. The first-order valence-electron chi connectivity index (χ1n) is 8.76. The van der Waals surface area contributed by atoms with E-state index in [2.05, 4.69) is 0 Å². The van der Waals surface area contributed by atoms with Gasteiger partial charge in [0.25, 0.3) is 0 Å². The molecule has 1 N–H and O–H groups in total. The molecule has 0 fully saturated rings. The highest BCUT2D eigenvalue weighted by atomic mass is 16.6. The van der Waals surface area contributed by atoms with Crippen LogP contribution in [0.2, 0.25) is 0 Å². The monoisotopic (exact) mass is 364 g/mol. The highest BCUT2D eigenvalue weighted by Gasteiger charge is 2.51. The second-order valence-electron chi connectivity index (χ2n) is 6.02. The quantitative estimate of drug-likeness (QED) is 0.469. The van der Waals surface area contributed by atoms with Crippen molar-refractivity contribution < 1.29 is 33.7 Å². The summed E-state index contributed by atoms with van der Waals surface area (Å²) in [5.74, 6) is -2.06. The van der Waals surface area contributed by atoms with Crippen LogP contribution in [0.1, 0.15) is 48.7 Å². The molecule has 0 heterocycles. The molecule has 1 aliphatic rings. The fraction of sp³-hybridized carbons (Fsp3) is 0.526. The van der Waals surface area contributed by atoms with Crippen LogP contribution in [0.15, 0.2) is 12.1 Å². The van der Waals surface area contributed by atoms with E-state index in [9.17, 15) is 19.5 Å². The number of carbonyl (C=O) groups is 3. The molecule has 7 heteroatoms. The van der Waals surface area contributed by atoms with Gasteiger partial charge in [0.1, 0.15) is 11.3 Å². The van der Waals surface area contributed by atoms with Crippen LogP contribution in [0.25, 0.3) is 0 Å². The van der Waals surface area contributed by atoms with Crippen molar-refractivity contribution in [1.82, 2.24) is 0 Å². The van der Waals surface area contributed by atoms with E-state index in [0.29, 0.717) is 11.1 Å². The lowest BCUT2D eigenvalue weighted by Crippen LogP contribution is -2.46.